The van der Waals surface area contributed by atoms with Crippen molar-refractivity contribution >= 4 is 0 Å². The van der Waals surface area contributed by atoms with Crippen molar-refractivity contribution in [3.8, 4) is 6.07 Å². The molecule has 0 saturated carbocycles. The van der Waals surface area contributed by atoms with Crippen molar-refractivity contribution in [1.29, 1.82) is 5.26 Å². The van der Waals surface area contributed by atoms with Crippen LogP contribution in [-0.2, 0) is 0 Å². The van der Waals surface area contributed by atoms with E-state index in [4.69, 9.17) is 5.26 Å². The SMILES string of the molecule is CCC(CC#N)N1CCC(CN2CCCC2)CC1. The normalized spacial score (nSPS) is 25.1. The van der Waals surface area contributed by atoms with Gasteiger partial charge in [0.25, 0.3) is 0 Å². The van der Waals surface area contributed by atoms with Crippen LogP contribution in [0, 0.1) is 17.2 Å². The van der Waals surface area contributed by atoms with Crippen molar-refractivity contribution in [3.05, 3.63) is 0 Å². The average Bonchev–Trinajstić information content (AvgIpc) is 2.90. The molecular weight excluding hydrogens is 222 g/mol. The van der Waals surface area contributed by atoms with E-state index in [-0.39, 0.29) is 0 Å². The number of hydrogen-bond acceptors (Lipinski definition) is 3. The molecule has 2 aliphatic rings. The molecule has 18 heavy (non-hydrogen) atoms. The molecule has 2 aliphatic heterocycles. The third kappa shape index (κ3) is 3.70. The minimum atomic E-state index is 0.503. The molecule has 0 amide bonds. The first kappa shape index (κ1) is 13.8. The second-order valence-electron chi connectivity index (χ2n) is 5.91. The molecule has 0 aromatic heterocycles. The fourth-order valence-electron chi connectivity index (χ4n) is 3.47. The molecular formula is C15H27N3. The highest BCUT2D eigenvalue weighted by molar-refractivity contribution is 4.85. The van der Waals surface area contributed by atoms with Gasteiger partial charge in [0.05, 0.1) is 12.5 Å². The Morgan fingerprint density at radius 3 is 2.39 bits per heavy atom. The van der Waals surface area contributed by atoms with E-state index in [1.54, 1.807) is 0 Å². The summed E-state index contributed by atoms with van der Waals surface area (Å²) in [7, 11) is 0. The molecule has 0 radical (unpaired) electrons. The highest BCUT2D eigenvalue weighted by Crippen LogP contribution is 2.23. The summed E-state index contributed by atoms with van der Waals surface area (Å²) < 4.78 is 0. The van der Waals surface area contributed by atoms with Crippen LogP contribution in [0.25, 0.3) is 0 Å². The highest BCUT2D eigenvalue weighted by atomic mass is 15.2. The first-order valence-corrected chi connectivity index (χ1v) is 7.66. The molecule has 0 aromatic carbocycles. The largest absolute Gasteiger partial charge is 0.303 e. The number of nitriles is 1. The second kappa shape index (κ2) is 7.11. The van der Waals surface area contributed by atoms with Gasteiger partial charge in [-0.25, -0.2) is 0 Å². The molecule has 102 valence electrons. The average molecular weight is 249 g/mol. The maximum Gasteiger partial charge on any atom is 0.0638 e. The van der Waals surface area contributed by atoms with Crippen molar-refractivity contribution in [3.63, 3.8) is 0 Å². The quantitative estimate of drug-likeness (QED) is 0.750. The lowest BCUT2D eigenvalue weighted by atomic mass is 9.94. The van der Waals surface area contributed by atoms with Gasteiger partial charge in [0.15, 0.2) is 0 Å². The summed E-state index contributed by atoms with van der Waals surface area (Å²) in [6.45, 7) is 8.59. The maximum absolute atomic E-state index is 8.86. The number of rotatable bonds is 5. The monoisotopic (exact) mass is 249 g/mol. The third-order valence-electron chi connectivity index (χ3n) is 4.68. The van der Waals surface area contributed by atoms with Gasteiger partial charge in [-0.05, 0) is 64.2 Å². The maximum atomic E-state index is 8.86. The van der Waals surface area contributed by atoms with Gasteiger partial charge >= 0.3 is 0 Å². The minimum Gasteiger partial charge on any atom is -0.303 e. The van der Waals surface area contributed by atoms with Crippen molar-refractivity contribution < 1.29 is 0 Å². The molecule has 0 aromatic rings. The Kier molecular flexibility index (Phi) is 5.46. The molecule has 3 heteroatoms. The van der Waals surface area contributed by atoms with Crippen LogP contribution in [0.4, 0.5) is 0 Å². The summed E-state index contributed by atoms with van der Waals surface area (Å²) in [4.78, 5) is 5.19. The standard InChI is InChI=1S/C15H27N3/c1-2-15(5-8-16)18-11-6-14(7-12-18)13-17-9-3-4-10-17/h14-15H,2-7,9-13H2,1H3. The summed E-state index contributed by atoms with van der Waals surface area (Å²) in [5.41, 5.74) is 0. The summed E-state index contributed by atoms with van der Waals surface area (Å²) in [6.07, 6.45) is 7.28. The molecule has 2 fully saturated rings. The van der Waals surface area contributed by atoms with E-state index in [0.29, 0.717) is 12.5 Å². The van der Waals surface area contributed by atoms with Gasteiger partial charge in [0.2, 0.25) is 0 Å². The lowest BCUT2D eigenvalue weighted by molar-refractivity contribution is 0.114. The molecule has 0 spiro atoms. The molecule has 0 bridgehead atoms. The molecule has 2 rings (SSSR count). The Hall–Kier alpha value is -0.590. The van der Waals surface area contributed by atoms with Crippen LogP contribution in [0.15, 0.2) is 0 Å². The van der Waals surface area contributed by atoms with Gasteiger partial charge in [0, 0.05) is 12.6 Å². The Balaban J connectivity index is 1.71. The molecule has 0 aliphatic carbocycles. The number of piperidine rings is 1. The minimum absolute atomic E-state index is 0.503. The molecule has 1 unspecified atom stereocenters. The lowest BCUT2D eigenvalue weighted by Crippen LogP contribution is -2.43. The molecule has 3 nitrogen and oxygen atoms in total. The van der Waals surface area contributed by atoms with Gasteiger partial charge in [0.1, 0.15) is 0 Å². The van der Waals surface area contributed by atoms with Gasteiger partial charge in [-0.1, -0.05) is 6.92 Å². The van der Waals surface area contributed by atoms with Crippen LogP contribution < -0.4 is 0 Å². The highest BCUT2D eigenvalue weighted by Gasteiger charge is 2.25. The zero-order chi connectivity index (χ0) is 12.8. The van der Waals surface area contributed by atoms with E-state index in [0.717, 1.165) is 12.3 Å². The fraction of sp³-hybridized carbons (Fsp3) is 0.933. The van der Waals surface area contributed by atoms with Crippen molar-refractivity contribution in [2.45, 2.75) is 51.5 Å². The molecule has 0 N–H and O–H groups in total. The fourth-order valence-corrected chi connectivity index (χ4v) is 3.47. The number of nitrogens with zero attached hydrogens (tertiary/aromatic N) is 3. The van der Waals surface area contributed by atoms with Crippen LogP contribution >= 0.6 is 0 Å². The summed E-state index contributed by atoms with van der Waals surface area (Å²) in [5.74, 6) is 0.902. The predicted molar refractivity (Wildman–Crippen MR) is 74.3 cm³/mol. The van der Waals surface area contributed by atoms with Crippen molar-refractivity contribution in [2.24, 2.45) is 5.92 Å². The number of likely N-dealkylation sites (tertiary alicyclic amines) is 2. The summed E-state index contributed by atoms with van der Waals surface area (Å²) in [5, 5.41) is 8.86. The van der Waals surface area contributed by atoms with E-state index in [1.165, 1.54) is 58.4 Å². The van der Waals surface area contributed by atoms with Crippen LogP contribution in [-0.4, -0.2) is 48.6 Å². The Morgan fingerprint density at radius 2 is 1.83 bits per heavy atom. The van der Waals surface area contributed by atoms with Crippen LogP contribution in [0.3, 0.4) is 0 Å². The number of hydrogen-bond donors (Lipinski definition) is 0. The van der Waals surface area contributed by atoms with Crippen molar-refractivity contribution in [1.82, 2.24) is 9.80 Å². The van der Waals surface area contributed by atoms with E-state index in [2.05, 4.69) is 22.8 Å². The van der Waals surface area contributed by atoms with Crippen molar-refractivity contribution in [2.75, 3.05) is 32.7 Å². The predicted octanol–water partition coefficient (Wildman–Crippen LogP) is 2.49. The van der Waals surface area contributed by atoms with Gasteiger partial charge in [-0.3, -0.25) is 4.90 Å². The lowest BCUT2D eigenvalue weighted by Gasteiger charge is -2.37. The first-order valence-electron chi connectivity index (χ1n) is 7.66. The molecule has 2 heterocycles. The smallest absolute Gasteiger partial charge is 0.0638 e. The Morgan fingerprint density at radius 1 is 1.17 bits per heavy atom. The molecule has 2 saturated heterocycles. The Bertz CT molecular complexity index is 270. The second-order valence-corrected chi connectivity index (χ2v) is 5.91. The zero-order valence-corrected chi connectivity index (χ0v) is 11.8. The van der Waals surface area contributed by atoms with E-state index < -0.39 is 0 Å². The van der Waals surface area contributed by atoms with Gasteiger partial charge < -0.3 is 4.90 Å². The zero-order valence-electron chi connectivity index (χ0n) is 11.8. The van der Waals surface area contributed by atoms with Crippen LogP contribution in [0.5, 0.6) is 0 Å². The van der Waals surface area contributed by atoms with Crippen LogP contribution in [0.1, 0.15) is 45.4 Å². The summed E-state index contributed by atoms with van der Waals surface area (Å²) in [6, 6.07) is 2.84. The van der Waals surface area contributed by atoms with E-state index in [9.17, 15) is 0 Å². The third-order valence-corrected chi connectivity index (χ3v) is 4.68. The van der Waals surface area contributed by atoms with Gasteiger partial charge in [-0.2, -0.15) is 5.26 Å². The van der Waals surface area contributed by atoms with Gasteiger partial charge in [-0.15, -0.1) is 0 Å². The van der Waals surface area contributed by atoms with Crippen LogP contribution in [0.2, 0.25) is 0 Å². The Labute approximate surface area is 112 Å². The topological polar surface area (TPSA) is 30.3 Å². The van der Waals surface area contributed by atoms with E-state index in [1.807, 2.05) is 0 Å². The summed E-state index contributed by atoms with van der Waals surface area (Å²) >= 11 is 0. The first-order chi connectivity index (χ1) is 8.83. The molecule has 1 atom stereocenters. The van der Waals surface area contributed by atoms with E-state index >= 15 is 0 Å².